The van der Waals surface area contributed by atoms with Gasteiger partial charge < -0.3 is 25.3 Å². The number of hydrogen-bond donors (Lipinski definition) is 3. The Hall–Kier alpha value is -4.31. The number of rotatable bonds is 7. The van der Waals surface area contributed by atoms with Gasteiger partial charge in [-0.1, -0.05) is 0 Å². The molecule has 10 heteroatoms. The number of pyridine rings is 2. The molecule has 4 aromatic rings. The molecule has 200 valence electrons. The van der Waals surface area contributed by atoms with E-state index in [0.29, 0.717) is 33.8 Å². The first kappa shape index (κ1) is 25.0. The number of hydrogen-bond acceptors (Lipinski definition) is 6. The van der Waals surface area contributed by atoms with Gasteiger partial charge in [-0.15, -0.1) is 0 Å². The Morgan fingerprint density at radius 1 is 1.21 bits per heavy atom. The highest BCUT2D eigenvalue weighted by Gasteiger charge is 2.50. The quantitative estimate of drug-likeness (QED) is 0.337. The molecule has 1 aliphatic heterocycles. The lowest BCUT2D eigenvalue weighted by Gasteiger charge is -2.30. The average molecular weight is 530 g/mol. The second kappa shape index (κ2) is 8.88. The van der Waals surface area contributed by atoms with Crippen molar-refractivity contribution in [3.05, 3.63) is 83.2 Å². The van der Waals surface area contributed by atoms with Crippen LogP contribution in [0.5, 0.6) is 5.75 Å². The van der Waals surface area contributed by atoms with Crippen LogP contribution in [0.15, 0.2) is 54.9 Å². The number of imidazole rings is 1. The summed E-state index contributed by atoms with van der Waals surface area (Å²) in [5.74, 6) is -1.11. The Morgan fingerprint density at radius 3 is 2.64 bits per heavy atom. The summed E-state index contributed by atoms with van der Waals surface area (Å²) in [5, 5.41) is 14.9. The summed E-state index contributed by atoms with van der Waals surface area (Å²) < 4.78 is 21.4. The number of fused-ring (bicyclic) bond motifs is 2. The number of nitrogens with two attached hydrogens (primary N) is 1. The van der Waals surface area contributed by atoms with Crippen molar-refractivity contribution in [1.29, 1.82) is 0 Å². The van der Waals surface area contributed by atoms with E-state index >= 15 is 0 Å². The first-order valence-electron chi connectivity index (χ1n) is 12.8. The van der Waals surface area contributed by atoms with Crippen molar-refractivity contribution in [2.45, 2.75) is 37.7 Å². The van der Waals surface area contributed by atoms with Crippen LogP contribution in [-0.2, 0) is 15.8 Å². The zero-order chi connectivity index (χ0) is 27.5. The molecule has 3 aromatic heterocycles. The third-order valence-electron chi connectivity index (χ3n) is 7.78. The average Bonchev–Trinajstić information content (AvgIpc) is 3.63. The number of halogens is 1. The van der Waals surface area contributed by atoms with Gasteiger partial charge in [-0.2, -0.15) is 0 Å². The molecule has 1 aliphatic carbocycles. The number of carbonyl (C=O) groups excluding carboxylic acids is 2. The maximum atomic E-state index is 13.7. The van der Waals surface area contributed by atoms with E-state index in [-0.39, 0.29) is 25.0 Å². The second-order valence-corrected chi connectivity index (χ2v) is 10.7. The lowest BCUT2D eigenvalue weighted by Crippen LogP contribution is -2.44. The highest BCUT2D eigenvalue weighted by molar-refractivity contribution is 5.94. The number of nitrogens with one attached hydrogen (secondary N) is 1. The molecule has 9 nitrogen and oxygen atoms in total. The van der Waals surface area contributed by atoms with Crippen LogP contribution in [-0.4, -0.2) is 44.4 Å². The van der Waals surface area contributed by atoms with Crippen molar-refractivity contribution >= 4 is 17.5 Å². The molecule has 0 bridgehead atoms. The summed E-state index contributed by atoms with van der Waals surface area (Å²) in [6, 6.07) is 10.9. The number of aromatic nitrogens is 3. The second-order valence-electron chi connectivity index (χ2n) is 10.7. The largest absolute Gasteiger partial charge is 0.489 e. The number of amides is 2. The Bertz CT molecular complexity index is 1630. The molecule has 4 N–H and O–H groups in total. The Balaban J connectivity index is 1.39. The molecule has 0 radical (unpaired) electrons. The van der Waals surface area contributed by atoms with Crippen molar-refractivity contribution in [2.24, 2.45) is 11.7 Å². The van der Waals surface area contributed by atoms with Crippen LogP contribution in [0.1, 0.15) is 47.1 Å². The third kappa shape index (κ3) is 4.21. The minimum atomic E-state index is -1.52. The van der Waals surface area contributed by atoms with Gasteiger partial charge in [-0.25, -0.2) is 14.4 Å². The standard InChI is InChI=1S/C29H28FN5O4/c1-16-12-35-13-18(5-10-23(35)33-16)26(36)32-14-29(38,19-6-7-19)22-11-21-25(39-15-28(21,2)27(31)37)24(34-22)17-3-8-20(30)9-4-17/h3-5,8-13,19,38H,6-7,14-15H2,1-2H3,(H2,31,37)(H,32,36)/t28-,29+/m0/s1. The molecule has 1 saturated carbocycles. The molecule has 2 aliphatic rings. The Morgan fingerprint density at radius 2 is 1.95 bits per heavy atom. The number of primary amides is 1. The van der Waals surface area contributed by atoms with Gasteiger partial charge >= 0.3 is 0 Å². The van der Waals surface area contributed by atoms with Gasteiger partial charge in [-0.05, 0) is 75.1 Å². The predicted octanol–water partition coefficient (Wildman–Crippen LogP) is 3.01. The molecular weight excluding hydrogens is 501 g/mol. The van der Waals surface area contributed by atoms with E-state index < -0.39 is 22.7 Å². The minimum Gasteiger partial charge on any atom is -0.489 e. The fraction of sp³-hybridized carbons (Fsp3) is 0.310. The number of aryl methyl sites for hydroxylation is 1. The topological polar surface area (TPSA) is 132 Å². The summed E-state index contributed by atoms with van der Waals surface area (Å²) in [5.41, 5.74) is 6.83. The molecule has 0 unspecified atom stereocenters. The number of benzene rings is 1. The number of aliphatic hydroxyl groups is 1. The van der Waals surface area contributed by atoms with Crippen molar-refractivity contribution in [3.63, 3.8) is 0 Å². The molecule has 2 amide bonds. The maximum absolute atomic E-state index is 13.7. The van der Waals surface area contributed by atoms with Crippen LogP contribution in [0.4, 0.5) is 4.39 Å². The van der Waals surface area contributed by atoms with Crippen LogP contribution < -0.4 is 15.8 Å². The van der Waals surface area contributed by atoms with Gasteiger partial charge in [0.25, 0.3) is 5.91 Å². The van der Waals surface area contributed by atoms with Gasteiger partial charge in [0, 0.05) is 23.5 Å². The van der Waals surface area contributed by atoms with Crippen LogP contribution in [0.3, 0.4) is 0 Å². The molecule has 0 saturated heterocycles. The highest BCUT2D eigenvalue weighted by Crippen LogP contribution is 2.49. The summed E-state index contributed by atoms with van der Waals surface area (Å²) in [6.45, 7) is 3.48. The van der Waals surface area contributed by atoms with Gasteiger partial charge in [0.1, 0.15) is 40.5 Å². The summed E-state index contributed by atoms with van der Waals surface area (Å²) in [6.07, 6.45) is 5.02. The van der Waals surface area contributed by atoms with Gasteiger partial charge in [0.15, 0.2) is 0 Å². The predicted molar refractivity (Wildman–Crippen MR) is 141 cm³/mol. The van der Waals surface area contributed by atoms with E-state index in [1.54, 1.807) is 47.9 Å². The molecule has 4 heterocycles. The van der Waals surface area contributed by atoms with Crippen LogP contribution in [0.2, 0.25) is 0 Å². The van der Waals surface area contributed by atoms with Crippen molar-refractivity contribution in [2.75, 3.05) is 13.2 Å². The van der Waals surface area contributed by atoms with E-state index in [4.69, 9.17) is 15.5 Å². The van der Waals surface area contributed by atoms with Crippen LogP contribution >= 0.6 is 0 Å². The lowest BCUT2D eigenvalue weighted by molar-refractivity contribution is -0.123. The number of nitrogens with zero attached hydrogens (tertiary/aromatic N) is 3. The summed E-state index contributed by atoms with van der Waals surface area (Å²) in [4.78, 5) is 34.8. The Labute approximate surface area is 223 Å². The first-order valence-corrected chi connectivity index (χ1v) is 12.8. The van der Waals surface area contributed by atoms with E-state index in [1.807, 2.05) is 13.1 Å². The number of ether oxygens (including phenoxy) is 1. The molecule has 0 spiro atoms. The fourth-order valence-electron chi connectivity index (χ4n) is 5.19. The first-order chi connectivity index (χ1) is 18.6. The van der Waals surface area contributed by atoms with Gasteiger partial charge in [0.2, 0.25) is 5.91 Å². The zero-order valence-electron chi connectivity index (χ0n) is 21.6. The summed E-state index contributed by atoms with van der Waals surface area (Å²) >= 11 is 0. The molecule has 39 heavy (non-hydrogen) atoms. The molecule has 1 aromatic carbocycles. The zero-order valence-corrected chi connectivity index (χ0v) is 21.6. The summed E-state index contributed by atoms with van der Waals surface area (Å²) in [7, 11) is 0. The third-order valence-corrected chi connectivity index (χ3v) is 7.78. The van der Waals surface area contributed by atoms with E-state index in [0.717, 1.165) is 24.2 Å². The van der Waals surface area contributed by atoms with Crippen molar-refractivity contribution < 1.29 is 23.8 Å². The van der Waals surface area contributed by atoms with Crippen molar-refractivity contribution in [1.82, 2.24) is 19.7 Å². The highest BCUT2D eigenvalue weighted by atomic mass is 19.1. The van der Waals surface area contributed by atoms with E-state index in [1.165, 1.54) is 12.1 Å². The minimum absolute atomic E-state index is 0.0196. The fourth-order valence-corrected chi connectivity index (χ4v) is 5.19. The molecule has 6 rings (SSSR count). The molecular formula is C29H28FN5O4. The van der Waals surface area contributed by atoms with E-state index in [2.05, 4.69) is 10.3 Å². The van der Waals surface area contributed by atoms with Gasteiger partial charge in [-0.3, -0.25) is 9.59 Å². The maximum Gasteiger partial charge on any atom is 0.252 e. The molecule has 1 fully saturated rings. The van der Waals surface area contributed by atoms with Crippen molar-refractivity contribution in [3.8, 4) is 17.0 Å². The normalized spacial score (nSPS) is 19.8. The smallest absolute Gasteiger partial charge is 0.252 e. The number of carbonyl (C=O) groups is 2. The lowest BCUT2D eigenvalue weighted by atomic mass is 9.81. The van der Waals surface area contributed by atoms with E-state index in [9.17, 15) is 19.1 Å². The van der Waals surface area contributed by atoms with Gasteiger partial charge in [0.05, 0.1) is 23.5 Å². The monoisotopic (exact) mass is 529 g/mol. The van der Waals surface area contributed by atoms with Crippen LogP contribution in [0, 0.1) is 18.7 Å². The molecule has 2 atom stereocenters. The van der Waals surface area contributed by atoms with Crippen LogP contribution in [0.25, 0.3) is 16.9 Å². The SMILES string of the molecule is Cc1cn2cc(C(=O)NC[C@](O)(c3cc4c(c(-c5ccc(F)cc5)n3)OC[C@]4(C)C(N)=O)C3CC3)ccc2n1. The Kier molecular flexibility index (Phi) is 5.69.